The van der Waals surface area contributed by atoms with Crippen LogP contribution in [0.3, 0.4) is 0 Å². The summed E-state index contributed by atoms with van der Waals surface area (Å²) in [6.07, 6.45) is 14.5. The maximum Gasteiger partial charge on any atom is 0.228 e. The summed E-state index contributed by atoms with van der Waals surface area (Å²) >= 11 is 0. The van der Waals surface area contributed by atoms with Gasteiger partial charge in [-0.05, 0) is 45.6 Å². The molecule has 0 spiro atoms. The Balaban J connectivity index is 1.48. The molecule has 0 bridgehead atoms. The first-order valence-corrected chi connectivity index (χ1v) is 9.58. The van der Waals surface area contributed by atoms with E-state index in [9.17, 15) is 0 Å². The highest BCUT2D eigenvalue weighted by Crippen LogP contribution is 2.23. The molecule has 0 aromatic rings. The van der Waals surface area contributed by atoms with Gasteiger partial charge in [0, 0.05) is 25.6 Å². The van der Waals surface area contributed by atoms with Crippen molar-refractivity contribution in [2.75, 3.05) is 26.2 Å². The average Bonchev–Trinajstić information content (AvgIpc) is 2.64. The normalized spacial score (nSPS) is 25.1. The lowest BCUT2D eigenvalue weighted by molar-refractivity contribution is 0.155. The van der Waals surface area contributed by atoms with E-state index in [1.807, 2.05) is 0 Å². The smallest absolute Gasteiger partial charge is 0.228 e. The van der Waals surface area contributed by atoms with Crippen LogP contribution < -0.4 is 5.73 Å². The molecule has 25 heavy (non-hydrogen) atoms. The summed E-state index contributed by atoms with van der Waals surface area (Å²) in [5, 5.41) is 0. The Morgan fingerprint density at radius 1 is 1.36 bits per heavy atom. The molecule has 1 unspecified atom stereocenters. The second-order valence-corrected chi connectivity index (χ2v) is 7.18. The monoisotopic (exact) mass is 345 g/mol. The van der Waals surface area contributed by atoms with E-state index in [1.54, 1.807) is 6.26 Å². The van der Waals surface area contributed by atoms with Crippen LogP contribution in [0.2, 0.25) is 0 Å². The van der Waals surface area contributed by atoms with Crippen molar-refractivity contribution in [1.29, 1.82) is 0 Å². The van der Waals surface area contributed by atoms with Crippen LogP contribution in [0.1, 0.15) is 45.4 Å². The fraction of sp³-hybridized carbons (Fsp3) is 0.650. The van der Waals surface area contributed by atoms with Crippen LogP contribution >= 0.6 is 0 Å². The Bertz CT molecular complexity index is 557. The molecule has 3 rings (SSSR count). The van der Waals surface area contributed by atoms with E-state index in [4.69, 9.17) is 20.2 Å². The van der Waals surface area contributed by atoms with Crippen LogP contribution in [0.5, 0.6) is 0 Å². The second-order valence-electron chi connectivity index (χ2n) is 7.18. The Labute approximate surface area is 151 Å². The van der Waals surface area contributed by atoms with Gasteiger partial charge in [-0.3, -0.25) is 0 Å². The van der Waals surface area contributed by atoms with Gasteiger partial charge in [0.2, 0.25) is 5.90 Å². The van der Waals surface area contributed by atoms with Crippen LogP contribution in [0.4, 0.5) is 0 Å². The van der Waals surface area contributed by atoms with Crippen molar-refractivity contribution in [3.63, 3.8) is 0 Å². The molecule has 0 aromatic carbocycles. The highest BCUT2D eigenvalue weighted by atomic mass is 16.6. The molecule has 1 atom stereocenters. The van der Waals surface area contributed by atoms with Gasteiger partial charge in [0.15, 0.2) is 6.61 Å². The van der Waals surface area contributed by atoms with Crippen molar-refractivity contribution in [3.05, 3.63) is 35.8 Å². The topological polar surface area (TPSA) is 60.1 Å². The molecule has 5 heteroatoms. The Morgan fingerprint density at radius 2 is 2.20 bits per heavy atom. The van der Waals surface area contributed by atoms with Gasteiger partial charge >= 0.3 is 0 Å². The molecule has 3 aliphatic rings. The van der Waals surface area contributed by atoms with Crippen LogP contribution in [-0.4, -0.2) is 49.1 Å². The zero-order valence-corrected chi connectivity index (χ0v) is 15.3. The summed E-state index contributed by atoms with van der Waals surface area (Å²) in [6.45, 7) is 5.66. The molecule has 2 aliphatic heterocycles. The maximum absolute atomic E-state index is 6.00. The molecule has 1 saturated heterocycles. The number of aliphatic imine (C=N–C) groups is 1. The SMILES string of the molecule is CC(CCN)N1CCC(N=C2COC=C(CC3=CC=CCC3)O2)CC1. The largest absolute Gasteiger partial charge is 0.488 e. The van der Waals surface area contributed by atoms with E-state index in [0.29, 0.717) is 18.7 Å². The van der Waals surface area contributed by atoms with E-state index < -0.39 is 0 Å². The molecule has 0 amide bonds. The van der Waals surface area contributed by atoms with Gasteiger partial charge in [-0.2, -0.15) is 0 Å². The number of likely N-dealkylation sites (tertiary alicyclic amines) is 1. The van der Waals surface area contributed by atoms with Gasteiger partial charge in [0.1, 0.15) is 12.0 Å². The molecule has 2 heterocycles. The first kappa shape index (κ1) is 18.2. The summed E-state index contributed by atoms with van der Waals surface area (Å²) in [5.41, 5.74) is 7.06. The lowest BCUT2D eigenvalue weighted by Gasteiger charge is -2.35. The number of ether oxygens (including phenoxy) is 2. The molecule has 0 aromatic heterocycles. The van der Waals surface area contributed by atoms with Gasteiger partial charge in [-0.1, -0.05) is 23.8 Å². The van der Waals surface area contributed by atoms with E-state index in [0.717, 1.165) is 69.8 Å². The van der Waals surface area contributed by atoms with Crippen molar-refractivity contribution in [1.82, 2.24) is 4.90 Å². The molecular formula is C20H31N3O2. The van der Waals surface area contributed by atoms with E-state index in [2.05, 4.69) is 30.1 Å². The maximum atomic E-state index is 6.00. The Morgan fingerprint density at radius 3 is 2.92 bits per heavy atom. The molecule has 138 valence electrons. The molecule has 0 radical (unpaired) electrons. The number of hydrogen-bond donors (Lipinski definition) is 1. The van der Waals surface area contributed by atoms with Crippen LogP contribution in [0.25, 0.3) is 0 Å². The zero-order chi connectivity index (χ0) is 17.5. The third-order valence-corrected chi connectivity index (χ3v) is 5.21. The minimum Gasteiger partial charge on any atom is -0.488 e. The predicted molar refractivity (Wildman–Crippen MR) is 101 cm³/mol. The summed E-state index contributed by atoms with van der Waals surface area (Å²) in [5.74, 6) is 1.61. The molecule has 0 saturated carbocycles. The minimum atomic E-state index is 0.344. The van der Waals surface area contributed by atoms with Crippen molar-refractivity contribution in [3.8, 4) is 0 Å². The van der Waals surface area contributed by atoms with Gasteiger partial charge in [0.05, 0.1) is 6.04 Å². The van der Waals surface area contributed by atoms with Gasteiger partial charge in [-0.25, -0.2) is 4.99 Å². The minimum absolute atomic E-state index is 0.344. The summed E-state index contributed by atoms with van der Waals surface area (Å²) in [7, 11) is 0. The Hall–Kier alpha value is -1.59. The third kappa shape index (κ3) is 5.44. The van der Waals surface area contributed by atoms with Crippen molar-refractivity contribution >= 4 is 5.90 Å². The first-order valence-electron chi connectivity index (χ1n) is 9.58. The summed E-state index contributed by atoms with van der Waals surface area (Å²) in [4.78, 5) is 7.35. The number of hydrogen-bond acceptors (Lipinski definition) is 5. The first-order chi connectivity index (χ1) is 12.2. The molecule has 5 nitrogen and oxygen atoms in total. The van der Waals surface area contributed by atoms with E-state index in [-0.39, 0.29) is 0 Å². The quantitative estimate of drug-likeness (QED) is 0.803. The molecule has 1 fully saturated rings. The van der Waals surface area contributed by atoms with Crippen LogP contribution in [0, 0.1) is 0 Å². The second kappa shape index (κ2) is 9.20. The third-order valence-electron chi connectivity index (χ3n) is 5.21. The number of piperidine rings is 1. The molecular weight excluding hydrogens is 314 g/mol. The molecule has 2 N–H and O–H groups in total. The standard InChI is InChI=1S/C20H31N3O2/c1-16(7-10-21)23-11-8-18(9-12-23)22-20-15-24-14-19(25-20)13-17-5-3-2-4-6-17/h2-3,5,14,16,18H,4,6-13,15,21H2,1H3. The Kier molecular flexibility index (Phi) is 6.70. The summed E-state index contributed by atoms with van der Waals surface area (Å²) < 4.78 is 11.6. The zero-order valence-electron chi connectivity index (χ0n) is 15.3. The van der Waals surface area contributed by atoms with Gasteiger partial charge < -0.3 is 20.1 Å². The van der Waals surface area contributed by atoms with Crippen molar-refractivity contribution in [2.24, 2.45) is 10.7 Å². The highest BCUT2D eigenvalue weighted by Gasteiger charge is 2.23. The van der Waals surface area contributed by atoms with Crippen LogP contribution in [0.15, 0.2) is 40.8 Å². The number of nitrogens with zero attached hydrogens (tertiary/aromatic N) is 2. The number of allylic oxidation sites excluding steroid dienone is 4. The van der Waals surface area contributed by atoms with Crippen molar-refractivity contribution < 1.29 is 9.47 Å². The van der Waals surface area contributed by atoms with E-state index >= 15 is 0 Å². The lowest BCUT2D eigenvalue weighted by atomic mass is 10.0. The molecule has 1 aliphatic carbocycles. The fourth-order valence-electron chi connectivity index (χ4n) is 3.66. The average molecular weight is 345 g/mol. The van der Waals surface area contributed by atoms with Gasteiger partial charge in [0.25, 0.3) is 0 Å². The van der Waals surface area contributed by atoms with E-state index in [1.165, 1.54) is 5.57 Å². The highest BCUT2D eigenvalue weighted by molar-refractivity contribution is 5.79. The number of rotatable bonds is 6. The lowest BCUT2D eigenvalue weighted by Crippen LogP contribution is -2.42. The van der Waals surface area contributed by atoms with Crippen LogP contribution in [-0.2, 0) is 9.47 Å². The van der Waals surface area contributed by atoms with Crippen molar-refractivity contribution in [2.45, 2.75) is 57.5 Å². The van der Waals surface area contributed by atoms with Gasteiger partial charge in [-0.15, -0.1) is 0 Å². The summed E-state index contributed by atoms with van der Waals surface area (Å²) in [6, 6.07) is 0.913. The predicted octanol–water partition coefficient (Wildman–Crippen LogP) is 3.14. The number of nitrogens with two attached hydrogens (primary N) is 1. The fourth-order valence-corrected chi connectivity index (χ4v) is 3.66.